The molecule has 0 fully saturated rings. The summed E-state index contributed by atoms with van der Waals surface area (Å²) in [5.41, 5.74) is 0. The van der Waals surface area contributed by atoms with Gasteiger partial charge in [0, 0.05) is 12.5 Å². The summed E-state index contributed by atoms with van der Waals surface area (Å²) in [6.07, 6.45) is 1.21. The molecule has 0 aliphatic rings. The molecule has 64 valence electrons. The molecule has 9 heteroatoms. The first-order valence-corrected chi connectivity index (χ1v) is 5.45. The second kappa shape index (κ2) is 5.62. The Morgan fingerprint density at radius 1 is 0.818 bits per heavy atom. The molecule has 0 aromatic carbocycles. The molecule has 0 unspecified atom stereocenters. The van der Waals surface area contributed by atoms with Crippen molar-refractivity contribution in [1.82, 2.24) is 0 Å². The van der Waals surface area contributed by atoms with Crippen molar-refractivity contribution in [2.24, 2.45) is 0 Å². The second-order valence-electron chi connectivity index (χ2n) is 1.41. The first kappa shape index (κ1) is 17.2. The molecular weight excluding hydrogens is 193 g/mol. The van der Waals surface area contributed by atoms with Crippen LogP contribution in [0.4, 0.5) is 0 Å². The van der Waals surface area contributed by atoms with Gasteiger partial charge < -0.3 is 9.11 Å². The SMILES string of the molecule is CS(=O)(=O)[O-].CS(=O)(=O)[O-].[Be+2]. The van der Waals surface area contributed by atoms with E-state index in [0.29, 0.717) is 12.5 Å². The van der Waals surface area contributed by atoms with E-state index in [0.717, 1.165) is 0 Å². The summed E-state index contributed by atoms with van der Waals surface area (Å²) < 4.78 is 54.5. The minimum absolute atomic E-state index is 0. The van der Waals surface area contributed by atoms with E-state index in [1.54, 1.807) is 0 Å². The maximum atomic E-state index is 9.08. The van der Waals surface area contributed by atoms with E-state index in [1.165, 1.54) is 0 Å². The van der Waals surface area contributed by atoms with Gasteiger partial charge in [0.05, 0.1) is 20.2 Å². The Morgan fingerprint density at radius 2 is 0.818 bits per heavy atom. The largest absolute Gasteiger partial charge is 2.00 e. The summed E-state index contributed by atoms with van der Waals surface area (Å²) in [5.74, 6) is 0. The fraction of sp³-hybridized carbons (Fsp3) is 1.00. The van der Waals surface area contributed by atoms with E-state index in [9.17, 15) is 0 Å². The van der Waals surface area contributed by atoms with Crippen molar-refractivity contribution in [3.8, 4) is 0 Å². The van der Waals surface area contributed by atoms with Crippen LogP contribution in [0, 0.1) is 0 Å². The molecule has 0 N–H and O–H groups in total. The van der Waals surface area contributed by atoms with Crippen LogP contribution in [0.1, 0.15) is 0 Å². The molecular formula is C2H6BeO6S2. The first-order chi connectivity index (χ1) is 4.00. The minimum Gasteiger partial charge on any atom is -0.748 e. The first-order valence-electron chi connectivity index (χ1n) is 1.82. The van der Waals surface area contributed by atoms with Crippen LogP contribution in [-0.4, -0.2) is 48.6 Å². The summed E-state index contributed by atoms with van der Waals surface area (Å²) in [4.78, 5) is 0. The normalized spacial score (nSPS) is 10.5. The van der Waals surface area contributed by atoms with Gasteiger partial charge >= 0.3 is 10.1 Å². The summed E-state index contributed by atoms with van der Waals surface area (Å²) >= 11 is 0. The molecule has 0 aromatic rings. The predicted molar refractivity (Wildman–Crippen MR) is 37.0 cm³/mol. The van der Waals surface area contributed by atoms with E-state index >= 15 is 0 Å². The Bertz CT molecular complexity index is 215. The fourth-order valence-corrected chi connectivity index (χ4v) is 0. The summed E-state index contributed by atoms with van der Waals surface area (Å²) in [6.45, 7) is 0. The predicted octanol–water partition coefficient (Wildman–Crippen LogP) is -2.06. The van der Waals surface area contributed by atoms with Crippen molar-refractivity contribution in [3.05, 3.63) is 0 Å². The Hall–Kier alpha value is -0.0112. The zero-order valence-corrected chi connectivity index (χ0v) is 7.61. The van der Waals surface area contributed by atoms with Gasteiger partial charge in [0.1, 0.15) is 0 Å². The van der Waals surface area contributed by atoms with Crippen molar-refractivity contribution in [2.45, 2.75) is 0 Å². The molecule has 0 heterocycles. The molecule has 11 heavy (non-hydrogen) atoms. The smallest absolute Gasteiger partial charge is 0.748 e. The van der Waals surface area contributed by atoms with Crippen LogP contribution >= 0.6 is 0 Å². The van der Waals surface area contributed by atoms with Crippen molar-refractivity contribution < 1.29 is 25.9 Å². The standard InChI is InChI=1S/2CH4O3S.Be/c2*1-5(2,3)4;/h2*1H3,(H,2,3,4);/q;;+2/p-2. The molecule has 0 bridgehead atoms. The fourth-order valence-electron chi connectivity index (χ4n) is 0. The van der Waals surface area contributed by atoms with Gasteiger partial charge in [-0.3, -0.25) is 0 Å². The molecule has 6 nitrogen and oxygen atoms in total. The Kier molecular flexibility index (Phi) is 8.77. The third kappa shape index (κ3) is 5110000. The quantitative estimate of drug-likeness (QED) is 0.327. The number of hydrogen-bond acceptors (Lipinski definition) is 6. The average molecular weight is 199 g/mol. The van der Waals surface area contributed by atoms with Crippen LogP contribution in [0.25, 0.3) is 0 Å². The molecule has 0 aromatic heterocycles. The van der Waals surface area contributed by atoms with Crippen molar-refractivity contribution >= 4 is 30.4 Å². The molecule has 0 atom stereocenters. The molecule has 0 aliphatic carbocycles. The van der Waals surface area contributed by atoms with Crippen LogP contribution in [0.5, 0.6) is 0 Å². The van der Waals surface area contributed by atoms with E-state index in [-0.39, 0.29) is 10.1 Å². The van der Waals surface area contributed by atoms with Gasteiger partial charge in [0.2, 0.25) is 0 Å². The van der Waals surface area contributed by atoms with Crippen LogP contribution in [0.2, 0.25) is 0 Å². The maximum Gasteiger partial charge on any atom is 2.00 e. The minimum atomic E-state index is -3.92. The van der Waals surface area contributed by atoms with Crippen LogP contribution < -0.4 is 0 Å². The van der Waals surface area contributed by atoms with Gasteiger partial charge in [0.25, 0.3) is 0 Å². The van der Waals surface area contributed by atoms with Gasteiger partial charge in [-0.1, -0.05) is 0 Å². The van der Waals surface area contributed by atoms with Crippen molar-refractivity contribution in [1.29, 1.82) is 0 Å². The Labute approximate surface area is 69.3 Å². The molecule has 0 rings (SSSR count). The monoisotopic (exact) mass is 199 g/mol. The van der Waals surface area contributed by atoms with Gasteiger partial charge in [-0.25, -0.2) is 16.8 Å². The van der Waals surface area contributed by atoms with E-state index in [1.807, 2.05) is 0 Å². The maximum absolute atomic E-state index is 9.08. The second-order valence-corrected chi connectivity index (χ2v) is 4.22. The van der Waals surface area contributed by atoms with Crippen LogP contribution in [-0.2, 0) is 20.2 Å². The van der Waals surface area contributed by atoms with Gasteiger partial charge in [-0.05, 0) is 0 Å². The van der Waals surface area contributed by atoms with Gasteiger partial charge in [-0.2, -0.15) is 0 Å². The topological polar surface area (TPSA) is 114 Å². The van der Waals surface area contributed by atoms with Crippen LogP contribution in [0.15, 0.2) is 0 Å². The van der Waals surface area contributed by atoms with E-state index in [4.69, 9.17) is 25.9 Å². The van der Waals surface area contributed by atoms with Gasteiger partial charge in [-0.15, -0.1) is 0 Å². The summed E-state index contributed by atoms with van der Waals surface area (Å²) in [6, 6.07) is 0. The summed E-state index contributed by atoms with van der Waals surface area (Å²) in [5, 5.41) is 0. The van der Waals surface area contributed by atoms with E-state index in [2.05, 4.69) is 0 Å². The zero-order chi connectivity index (χ0) is 9.00. The van der Waals surface area contributed by atoms with Crippen molar-refractivity contribution in [2.75, 3.05) is 12.5 Å². The van der Waals surface area contributed by atoms with E-state index < -0.39 is 20.2 Å². The third-order valence-corrected chi connectivity index (χ3v) is 0. The van der Waals surface area contributed by atoms with Crippen molar-refractivity contribution in [3.63, 3.8) is 0 Å². The molecule has 0 saturated heterocycles. The zero-order valence-electron chi connectivity index (χ0n) is 5.97. The molecule has 0 amide bonds. The number of rotatable bonds is 0. The van der Waals surface area contributed by atoms with Gasteiger partial charge in [0.15, 0.2) is 0 Å². The summed E-state index contributed by atoms with van der Waals surface area (Å²) in [7, 11) is -7.83. The Balaban J connectivity index is -0.000000107. The number of hydrogen-bond donors (Lipinski definition) is 0. The molecule has 0 saturated carbocycles. The van der Waals surface area contributed by atoms with Crippen LogP contribution in [0.3, 0.4) is 0 Å². The Morgan fingerprint density at radius 3 is 0.818 bits per heavy atom. The third-order valence-electron chi connectivity index (χ3n) is 0. The average Bonchev–Trinajstić information content (AvgIpc) is 1.12. The molecule has 0 radical (unpaired) electrons. The molecule has 0 aliphatic heterocycles. The molecule has 0 spiro atoms.